The van der Waals surface area contributed by atoms with E-state index < -0.39 is 29.8 Å². The number of aliphatic hydroxyl groups is 1. The van der Waals surface area contributed by atoms with Gasteiger partial charge in [-0.05, 0) is 31.0 Å². The molecule has 1 saturated heterocycles. The zero-order valence-electron chi connectivity index (χ0n) is 16.1. The van der Waals surface area contributed by atoms with E-state index in [1.807, 2.05) is 0 Å². The van der Waals surface area contributed by atoms with Crippen LogP contribution in [-0.2, 0) is 22.9 Å². The summed E-state index contributed by atoms with van der Waals surface area (Å²) in [5.41, 5.74) is -1.70. The van der Waals surface area contributed by atoms with Crippen molar-refractivity contribution < 1.29 is 27.9 Å². The van der Waals surface area contributed by atoms with Crippen molar-refractivity contribution in [3.8, 4) is 0 Å². The number of halogens is 3. The fourth-order valence-corrected chi connectivity index (χ4v) is 3.92. The number of nitrogens with one attached hydrogen (secondary N) is 2. The van der Waals surface area contributed by atoms with Crippen molar-refractivity contribution in [2.45, 2.75) is 31.5 Å². The SMILES string of the molecule is CC(CO)(NC(=O)Cc1csc(N2CCCNC2=O)n1)c1cccc(C(F)(F)F)c1. The van der Waals surface area contributed by atoms with E-state index in [-0.39, 0.29) is 18.0 Å². The fraction of sp³-hybridized carbons (Fsp3) is 0.421. The predicted octanol–water partition coefficient (Wildman–Crippen LogP) is 2.65. The number of hydrogen-bond acceptors (Lipinski definition) is 5. The van der Waals surface area contributed by atoms with Crippen molar-refractivity contribution in [2.75, 3.05) is 24.6 Å². The Bertz CT molecular complexity index is 934. The van der Waals surface area contributed by atoms with E-state index in [0.717, 1.165) is 18.6 Å². The standard InChI is InChI=1S/C19H21F3N4O3S/c1-18(11-27,12-4-2-5-13(8-12)19(20,21)22)25-15(28)9-14-10-30-17(24-14)26-7-3-6-23-16(26)29/h2,4-5,8,10,27H,3,6-7,9,11H2,1H3,(H,23,29)(H,25,28). The molecule has 1 unspecified atom stereocenters. The highest BCUT2D eigenvalue weighted by Gasteiger charge is 2.34. The number of aromatic nitrogens is 1. The first-order valence-corrected chi connectivity index (χ1v) is 10.1. The van der Waals surface area contributed by atoms with Crippen LogP contribution in [0.3, 0.4) is 0 Å². The zero-order valence-corrected chi connectivity index (χ0v) is 16.9. The lowest BCUT2D eigenvalue weighted by atomic mass is 9.91. The summed E-state index contributed by atoms with van der Waals surface area (Å²) in [7, 11) is 0. The van der Waals surface area contributed by atoms with Crippen LogP contribution < -0.4 is 15.5 Å². The lowest BCUT2D eigenvalue weighted by molar-refractivity contribution is -0.137. The van der Waals surface area contributed by atoms with E-state index in [0.29, 0.717) is 23.9 Å². The Hall–Kier alpha value is -2.66. The summed E-state index contributed by atoms with van der Waals surface area (Å²) in [5.74, 6) is -0.510. The smallest absolute Gasteiger partial charge is 0.394 e. The second kappa shape index (κ2) is 8.60. The van der Waals surface area contributed by atoms with E-state index in [1.165, 1.54) is 35.3 Å². The summed E-state index contributed by atoms with van der Waals surface area (Å²) in [5, 5.41) is 17.2. The summed E-state index contributed by atoms with van der Waals surface area (Å²) in [6.07, 6.45) is -3.89. The molecule has 2 heterocycles. The van der Waals surface area contributed by atoms with Crippen molar-refractivity contribution in [1.29, 1.82) is 0 Å². The first-order valence-electron chi connectivity index (χ1n) is 9.22. The normalized spacial score (nSPS) is 16.7. The highest BCUT2D eigenvalue weighted by Crippen LogP contribution is 2.32. The lowest BCUT2D eigenvalue weighted by Crippen LogP contribution is -2.47. The van der Waals surface area contributed by atoms with Crippen molar-refractivity contribution >= 4 is 28.4 Å². The molecule has 11 heteroatoms. The van der Waals surface area contributed by atoms with E-state index in [2.05, 4.69) is 15.6 Å². The van der Waals surface area contributed by atoms with Gasteiger partial charge in [0, 0.05) is 18.5 Å². The molecule has 1 atom stereocenters. The summed E-state index contributed by atoms with van der Waals surface area (Å²) < 4.78 is 39.0. The molecule has 3 N–H and O–H groups in total. The Morgan fingerprint density at radius 2 is 2.10 bits per heavy atom. The minimum Gasteiger partial charge on any atom is -0.394 e. The average Bonchev–Trinajstić information content (AvgIpc) is 3.15. The van der Waals surface area contributed by atoms with Gasteiger partial charge in [-0.25, -0.2) is 9.78 Å². The summed E-state index contributed by atoms with van der Waals surface area (Å²) in [4.78, 5) is 30.2. The molecular weight excluding hydrogens is 421 g/mol. The topological polar surface area (TPSA) is 94.6 Å². The molecule has 2 aromatic rings. The molecule has 1 aromatic heterocycles. The molecule has 0 bridgehead atoms. The Morgan fingerprint density at radius 1 is 1.37 bits per heavy atom. The summed E-state index contributed by atoms with van der Waals surface area (Å²) in [6, 6.07) is 4.24. The molecule has 1 fully saturated rings. The number of urea groups is 1. The van der Waals surface area contributed by atoms with Gasteiger partial charge >= 0.3 is 12.2 Å². The Morgan fingerprint density at radius 3 is 2.77 bits per heavy atom. The van der Waals surface area contributed by atoms with Crippen LogP contribution in [0.25, 0.3) is 0 Å². The molecule has 0 saturated carbocycles. The molecule has 1 aliphatic rings. The lowest BCUT2D eigenvalue weighted by Gasteiger charge is -2.30. The van der Waals surface area contributed by atoms with Gasteiger partial charge in [0.05, 0.1) is 29.8 Å². The van der Waals surface area contributed by atoms with Crippen LogP contribution in [0.4, 0.5) is 23.1 Å². The molecule has 0 radical (unpaired) electrons. The monoisotopic (exact) mass is 442 g/mol. The number of aliphatic hydroxyl groups excluding tert-OH is 1. The summed E-state index contributed by atoms with van der Waals surface area (Å²) >= 11 is 1.23. The minimum atomic E-state index is -4.53. The highest BCUT2D eigenvalue weighted by atomic mass is 32.1. The molecule has 30 heavy (non-hydrogen) atoms. The summed E-state index contributed by atoms with van der Waals surface area (Å²) in [6.45, 7) is 2.00. The van der Waals surface area contributed by atoms with Gasteiger partial charge in [0.15, 0.2) is 5.13 Å². The van der Waals surface area contributed by atoms with Crippen molar-refractivity contribution in [3.05, 3.63) is 46.5 Å². The largest absolute Gasteiger partial charge is 0.416 e. The number of hydrogen-bond donors (Lipinski definition) is 3. The molecule has 1 aliphatic heterocycles. The van der Waals surface area contributed by atoms with Crippen molar-refractivity contribution in [1.82, 2.24) is 15.6 Å². The van der Waals surface area contributed by atoms with Gasteiger partial charge in [-0.3, -0.25) is 9.69 Å². The number of carbonyl (C=O) groups excluding carboxylic acids is 2. The number of amides is 3. The number of benzene rings is 1. The van der Waals surface area contributed by atoms with Gasteiger partial charge in [-0.15, -0.1) is 11.3 Å². The second-order valence-electron chi connectivity index (χ2n) is 7.15. The zero-order chi connectivity index (χ0) is 21.9. The van der Waals surface area contributed by atoms with Crippen LogP contribution in [0.1, 0.15) is 30.2 Å². The Kier molecular flexibility index (Phi) is 6.32. The van der Waals surface area contributed by atoms with Crippen LogP contribution in [0.5, 0.6) is 0 Å². The molecule has 162 valence electrons. The van der Waals surface area contributed by atoms with Crippen molar-refractivity contribution in [3.63, 3.8) is 0 Å². The molecule has 7 nitrogen and oxygen atoms in total. The van der Waals surface area contributed by atoms with Gasteiger partial charge < -0.3 is 15.7 Å². The maximum Gasteiger partial charge on any atom is 0.416 e. The molecule has 3 amide bonds. The van der Waals surface area contributed by atoms with Crippen LogP contribution in [0.15, 0.2) is 29.6 Å². The van der Waals surface area contributed by atoms with E-state index in [4.69, 9.17) is 0 Å². The first kappa shape index (κ1) is 22.0. The third kappa shape index (κ3) is 4.90. The average molecular weight is 442 g/mol. The highest BCUT2D eigenvalue weighted by molar-refractivity contribution is 7.14. The minimum absolute atomic E-state index is 0.136. The maximum atomic E-state index is 13.0. The maximum absolute atomic E-state index is 13.0. The molecule has 0 spiro atoms. The van der Waals surface area contributed by atoms with Gasteiger partial charge in [0.1, 0.15) is 0 Å². The fourth-order valence-electron chi connectivity index (χ4n) is 3.07. The van der Waals surface area contributed by atoms with Crippen LogP contribution in [0, 0.1) is 0 Å². The predicted molar refractivity (Wildman–Crippen MR) is 105 cm³/mol. The molecule has 1 aromatic carbocycles. The van der Waals surface area contributed by atoms with Gasteiger partial charge in [-0.2, -0.15) is 13.2 Å². The third-order valence-electron chi connectivity index (χ3n) is 4.75. The Labute approximate surface area is 174 Å². The number of alkyl halides is 3. The van der Waals surface area contributed by atoms with E-state index in [1.54, 1.807) is 5.38 Å². The third-order valence-corrected chi connectivity index (χ3v) is 5.66. The number of thiazole rings is 1. The Balaban J connectivity index is 1.71. The van der Waals surface area contributed by atoms with Crippen molar-refractivity contribution in [2.24, 2.45) is 0 Å². The quantitative estimate of drug-likeness (QED) is 0.641. The molecular formula is C19H21F3N4O3S. The van der Waals surface area contributed by atoms with Gasteiger partial charge in [0.2, 0.25) is 5.91 Å². The van der Waals surface area contributed by atoms with E-state index in [9.17, 15) is 27.9 Å². The first-order chi connectivity index (χ1) is 14.1. The molecule has 3 rings (SSSR count). The number of rotatable bonds is 6. The molecule has 0 aliphatic carbocycles. The van der Waals surface area contributed by atoms with E-state index >= 15 is 0 Å². The number of carbonyl (C=O) groups is 2. The van der Waals surface area contributed by atoms with Gasteiger partial charge in [0.25, 0.3) is 0 Å². The number of anilines is 1. The number of nitrogens with zero attached hydrogens (tertiary/aromatic N) is 2. The van der Waals surface area contributed by atoms with Crippen LogP contribution >= 0.6 is 11.3 Å². The van der Waals surface area contributed by atoms with Gasteiger partial charge in [-0.1, -0.05) is 12.1 Å². The van der Waals surface area contributed by atoms with Crippen LogP contribution in [0.2, 0.25) is 0 Å². The second-order valence-corrected chi connectivity index (χ2v) is 7.99. The van der Waals surface area contributed by atoms with Crippen LogP contribution in [-0.4, -0.2) is 41.7 Å².